The lowest BCUT2D eigenvalue weighted by Gasteiger charge is -2.12. The number of allylic oxidation sites excluding steroid dienone is 1. The third-order valence-electron chi connectivity index (χ3n) is 1.52. The van der Waals surface area contributed by atoms with Crippen molar-refractivity contribution in [3.63, 3.8) is 0 Å². The van der Waals surface area contributed by atoms with E-state index in [-0.39, 0.29) is 17.6 Å². The largest absolute Gasteiger partial charge is 0.460 e. The van der Waals surface area contributed by atoms with E-state index in [1.165, 1.54) is 6.08 Å². The van der Waals surface area contributed by atoms with Crippen LogP contribution in [0.15, 0.2) is 11.6 Å². The maximum atomic E-state index is 11.5. The van der Waals surface area contributed by atoms with Gasteiger partial charge >= 0.3 is 13.6 Å². The lowest BCUT2D eigenvalue weighted by atomic mass is 10.1. The minimum Gasteiger partial charge on any atom is -0.460 e. The van der Waals surface area contributed by atoms with Crippen molar-refractivity contribution in [1.29, 1.82) is 0 Å². The quantitative estimate of drug-likeness (QED) is 0.440. The summed E-state index contributed by atoms with van der Waals surface area (Å²) in [6.45, 7) is 7.01. The Hall–Kier alpha value is -0.640. The molecule has 0 rings (SSSR count). The maximum absolute atomic E-state index is 11.5. The first-order chi connectivity index (χ1) is 7.11. The van der Waals surface area contributed by atoms with Crippen LogP contribution in [0.1, 0.15) is 27.7 Å². The molecular formula is C10H19O5P. The van der Waals surface area contributed by atoms with Gasteiger partial charge in [0.05, 0.1) is 12.3 Å². The highest BCUT2D eigenvalue weighted by atomic mass is 31.2. The molecule has 0 bridgehead atoms. The monoisotopic (exact) mass is 250 g/mol. The maximum Gasteiger partial charge on any atom is 0.334 e. The highest BCUT2D eigenvalue weighted by molar-refractivity contribution is 7.52. The number of esters is 1. The second kappa shape index (κ2) is 6.18. The standard InChI is InChI=1S/C10H19O5P/c1-7(2)5-9(6-16(12,13)14)10(11)15-8(3)4/h5,7-8H,6H2,1-4H3,(H2,12,13,14). The average Bonchev–Trinajstić information content (AvgIpc) is 1.97. The van der Waals surface area contributed by atoms with Crippen LogP contribution in [-0.4, -0.2) is 28.0 Å². The molecule has 0 fully saturated rings. The van der Waals surface area contributed by atoms with Gasteiger partial charge in [0, 0.05) is 5.57 Å². The van der Waals surface area contributed by atoms with E-state index >= 15 is 0 Å². The fourth-order valence-electron chi connectivity index (χ4n) is 1.10. The first-order valence-electron chi connectivity index (χ1n) is 5.08. The molecule has 0 saturated carbocycles. The number of hydrogen-bond acceptors (Lipinski definition) is 3. The summed E-state index contributed by atoms with van der Waals surface area (Å²) in [6, 6.07) is 0. The Bertz CT molecular complexity index is 313. The Morgan fingerprint density at radius 2 is 1.81 bits per heavy atom. The van der Waals surface area contributed by atoms with E-state index in [2.05, 4.69) is 0 Å². The van der Waals surface area contributed by atoms with Crippen LogP contribution in [0.2, 0.25) is 0 Å². The Morgan fingerprint density at radius 1 is 1.31 bits per heavy atom. The first kappa shape index (κ1) is 15.4. The van der Waals surface area contributed by atoms with Crippen LogP contribution in [0.3, 0.4) is 0 Å². The van der Waals surface area contributed by atoms with Gasteiger partial charge in [0.1, 0.15) is 0 Å². The molecule has 0 aromatic heterocycles. The van der Waals surface area contributed by atoms with Crippen LogP contribution in [0.4, 0.5) is 0 Å². The highest BCUT2D eigenvalue weighted by Gasteiger charge is 2.23. The van der Waals surface area contributed by atoms with Crippen LogP contribution in [0, 0.1) is 5.92 Å². The SMILES string of the molecule is CC(C)C=C(CP(=O)(O)O)C(=O)OC(C)C. The molecule has 0 aliphatic carbocycles. The summed E-state index contributed by atoms with van der Waals surface area (Å²) in [4.78, 5) is 29.2. The summed E-state index contributed by atoms with van der Waals surface area (Å²) >= 11 is 0. The Kier molecular flexibility index (Phi) is 5.94. The summed E-state index contributed by atoms with van der Waals surface area (Å²) in [6.07, 6.45) is 0.639. The van der Waals surface area contributed by atoms with Crippen molar-refractivity contribution < 1.29 is 23.9 Å². The molecule has 16 heavy (non-hydrogen) atoms. The molecule has 5 nitrogen and oxygen atoms in total. The molecule has 0 atom stereocenters. The van der Waals surface area contributed by atoms with Crippen LogP contribution in [0.5, 0.6) is 0 Å². The van der Waals surface area contributed by atoms with Crippen molar-refractivity contribution in [1.82, 2.24) is 0 Å². The van der Waals surface area contributed by atoms with E-state index in [4.69, 9.17) is 14.5 Å². The number of carbonyl (C=O) groups is 1. The third-order valence-corrected chi connectivity index (χ3v) is 2.27. The van der Waals surface area contributed by atoms with E-state index in [9.17, 15) is 9.36 Å². The van der Waals surface area contributed by atoms with Gasteiger partial charge in [0.2, 0.25) is 0 Å². The van der Waals surface area contributed by atoms with E-state index in [1.54, 1.807) is 13.8 Å². The summed E-state index contributed by atoms with van der Waals surface area (Å²) < 4.78 is 15.8. The fraction of sp³-hybridized carbons (Fsp3) is 0.700. The summed E-state index contributed by atoms with van der Waals surface area (Å²) in [7, 11) is -4.24. The molecule has 0 unspecified atom stereocenters. The average molecular weight is 250 g/mol. The van der Waals surface area contributed by atoms with Crippen molar-refractivity contribution in [3.05, 3.63) is 11.6 Å². The topological polar surface area (TPSA) is 83.8 Å². The molecule has 0 aliphatic rings. The lowest BCUT2D eigenvalue weighted by Crippen LogP contribution is -2.16. The number of hydrogen-bond donors (Lipinski definition) is 2. The van der Waals surface area contributed by atoms with Crippen molar-refractivity contribution >= 4 is 13.6 Å². The minimum atomic E-state index is -4.24. The van der Waals surface area contributed by atoms with Gasteiger partial charge < -0.3 is 14.5 Å². The zero-order chi connectivity index (χ0) is 12.9. The van der Waals surface area contributed by atoms with E-state index in [0.717, 1.165) is 0 Å². The summed E-state index contributed by atoms with van der Waals surface area (Å²) in [5, 5.41) is 0. The van der Waals surface area contributed by atoms with E-state index < -0.39 is 19.7 Å². The lowest BCUT2D eigenvalue weighted by molar-refractivity contribution is -0.142. The summed E-state index contributed by atoms with van der Waals surface area (Å²) in [5.74, 6) is -0.631. The molecule has 94 valence electrons. The highest BCUT2D eigenvalue weighted by Crippen LogP contribution is 2.37. The third kappa shape index (κ3) is 7.63. The number of rotatable bonds is 5. The molecular weight excluding hydrogens is 231 g/mol. The van der Waals surface area contributed by atoms with Crippen molar-refractivity contribution in [3.8, 4) is 0 Å². The van der Waals surface area contributed by atoms with Gasteiger partial charge in [-0.25, -0.2) is 4.79 Å². The van der Waals surface area contributed by atoms with Gasteiger partial charge in [-0.05, 0) is 19.8 Å². The predicted octanol–water partition coefficient (Wildman–Crippen LogP) is 1.70. The molecule has 0 amide bonds. The van der Waals surface area contributed by atoms with E-state index in [1.807, 2.05) is 13.8 Å². The minimum absolute atomic E-state index is 0.0289. The number of carbonyl (C=O) groups excluding carboxylic acids is 1. The van der Waals surface area contributed by atoms with Crippen molar-refractivity contribution in [2.24, 2.45) is 5.92 Å². The molecule has 6 heteroatoms. The van der Waals surface area contributed by atoms with Gasteiger partial charge in [-0.1, -0.05) is 19.9 Å². The zero-order valence-corrected chi connectivity index (χ0v) is 10.9. The Balaban J connectivity index is 4.82. The van der Waals surface area contributed by atoms with Crippen LogP contribution >= 0.6 is 7.60 Å². The first-order valence-corrected chi connectivity index (χ1v) is 6.88. The molecule has 0 radical (unpaired) electrons. The zero-order valence-electron chi connectivity index (χ0n) is 10.0. The van der Waals surface area contributed by atoms with Gasteiger partial charge in [-0.3, -0.25) is 4.57 Å². The molecule has 0 aromatic carbocycles. The summed E-state index contributed by atoms with van der Waals surface area (Å²) in [5.41, 5.74) is 0.0389. The van der Waals surface area contributed by atoms with Crippen molar-refractivity contribution in [2.75, 3.05) is 6.16 Å². The van der Waals surface area contributed by atoms with E-state index in [0.29, 0.717) is 0 Å². The fourth-order valence-corrected chi connectivity index (χ4v) is 1.78. The smallest absolute Gasteiger partial charge is 0.334 e. The molecule has 0 aliphatic heterocycles. The molecule has 0 heterocycles. The van der Waals surface area contributed by atoms with Gasteiger partial charge in [0.15, 0.2) is 0 Å². The number of ether oxygens (including phenoxy) is 1. The molecule has 0 spiro atoms. The van der Waals surface area contributed by atoms with Crippen LogP contribution < -0.4 is 0 Å². The second-order valence-electron chi connectivity index (χ2n) is 4.21. The Morgan fingerprint density at radius 3 is 2.12 bits per heavy atom. The van der Waals surface area contributed by atoms with Gasteiger partial charge in [0.25, 0.3) is 0 Å². The Labute approximate surface area is 95.7 Å². The predicted molar refractivity (Wildman–Crippen MR) is 61.1 cm³/mol. The van der Waals surface area contributed by atoms with Crippen LogP contribution in [0.25, 0.3) is 0 Å². The molecule has 0 aromatic rings. The molecule has 0 saturated heterocycles. The van der Waals surface area contributed by atoms with Gasteiger partial charge in [-0.2, -0.15) is 0 Å². The van der Waals surface area contributed by atoms with Crippen LogP contribution in [-0.2, 0) is 14.1 Å². The second-order valence-corrected chi connectivity index (χ2v) is 5.86. The van der Waals surface area contributed by atoms with Gasteiger partial charge in [-0.15, -0.1) is 0 Å². The molecule has 2 N–H and O–H groups in total. The van der Waals surface area contributed by atoms with Crippen molar-refractivity contribution in [2.45, 2.75) is 33.8 Å². The normalized spacial score (nSPS) is 13.4.